The van der Waals surface area contributed by atoms with Gasteiger partial charge < -0.3 is 36.5 Å². The minimum absolute atomic E-state index is 0. The molecule has 0 saturated carbocycles. The smallest absolute Gasteiger partial charge is 0.247 e. The summed E-state index contributed by atoms with van der Waals surface area (Å²) in [5.41, 5.74) is 10.3. The van der Waals surface area contributed by atoms with Crippen molar-refractivity contribution >= 4 is 46.7 Å². The molecule has 0 aliphatic carbocycles. The van der Waals surface area contributed by atoms with E-state index in [4.69, 9.17) is 10.5 Å². The summed E-state index contributed by atoms with van der Waals surface area (Å²) in [6.45, 7) is 1.99. The number of nitrogens with two attached hydrogens (primary N) is 1. The Hall–Kier alpha value is -5.32. The van der Waals surface area contributed by atoms with E-state index in [2.05, 4.69) is 20.9 Å². The first-order valence-corrected chi connectivity index (χ1v) is 15.0. The number of anilines is 1. The third kappa shape index (κ3) is 9.59. The predicted octanol–water partition coefficient (Wildman–Crippen LogP) is 4.62. The second-order valence-corrected chi connectivity index (χ2v) is 11.1. The van der Waals surface area contributed by atoms with E-state index in [-0.39, 0.29) is 31.0 Å². The van der Waals surface area contributed by atoms with Crippen LogP contribution in [-0.4, -0.2) is 45.9 Å². The van der Waals surface area contributed by atoms with E-state index in [1.54, 1.807) is 19.1 Å². The van der Waals surface area contributed by atoms with E-state index in [9.17, 15) is 19.5 Å². The molecule has 0 unspecified atom stereocenters. The summed E-state index contributed by atoms with van der Waals surface area (Å²) in [5, 5.41) is 18.8. The van der Waals surface area contributed by atoms with Crippen molar-refractivity contribution in [1.82, 2.24) is 15.6 Å². The molecule has 4 aromatic carbocycles. The number of aromatic hydroxyl groups is 1. The Bertz CT molecular complexity index is 1780. The van der Waals surface area contributed by atoms with Gasteiger partial charge in [-0.05, 0) is 72.5 Å². The number of halogens is 1. The summed E-state index contributed by atoms with van der Waals surface area (Å²) in [4.78, 5) is 42.8. The van der Waals surface area contributed by atoms with Crippen LogP contribution in [0.25, 0.3) is 10.9 Å². The summed E-state index contributed by atoms with van der Waals surface area (Å²) in [7, 11) is 0. The minimum atomic E-state index is -0.962. The van der Waals surface area contributed by atoms with Gasteiger partial charge in [-0.15, -0.1) is 12.4 Å². The van der Waals surface area contributed by atoms with Gasteiger partial charge in [-0.3, -0.25) is 14.4 Å². The molecule has 1 heterocycles. The fourth-order valence-corrected chi connectivity index (χ4v) is 5.00. The summed E-state index contributed by atoms with van der Waals surface area (Å²) in [6, 6.07) is 28.1. The topological polar surface area (TPSA) is 159 Å². The number of amides is 3. The third-order valence-electron chi connectivity index (χ3n) is 7.58. The van der Waals surface area contributed by atoms with Gasteiger partial charge in [0.15, 0.2) is 0 Å². The molecule has 0 bridgehead atoms. The maximum Gasteiger partial charge on any atom is 0.247 e. The van der Waals surface area contributed by atoms with Crippen LogP contribution in [0.3, 0.4) is 0 Å². The van der Waals surface area contributed by atoms with Crippen molar-refractivity contribution in [3.8, 4) is 11.5 Å². The van der Waals surface area contributed by atoms with Gasteiger partial charge in [0.25, 0.3) is 0 Å². The molecule has 0 fully saturated rings. The van der Waals surface area contributed by atoms with E-state index in [0.29, 0.717) is 18.0 Å². The molecule has 0 saturated heterocycles. The monoisotopic (exact) mass is 655 g/mol. The van der Waals surface area contributed by atoms with Gasteiger partial charge in [-0.1, -0.05) is 60.7 Å². The number of aromatic amines is 1. The molecule has 10 nitrogen and oxygen atoms in total. The minimum Gasteiger partial charge on any atom is -0.508 e. The van der Waals surface area contributed by atoms with Gasteiger partial charge in [-0.2, -0.15) is 0 Å². The van der Waals surface area contributed by atoms with Gasteiger partial charge in [0.1, 0.15) is 30.2 Å². The SMILES string of the molecule is C[C@H](NC(=O)[C@@H](N)Cc1ccc(OCc2ccccc2)cc1)C(=O)N[C@@H](Cc1c[nH]c2ccccc12)C(=O)Nc1ccc(O)cc1.Cl. The van der Waals surface area contributed by atoms with Crippen molar-refractivity contribution in [2.45, 2.75) is 44.5 Å². The molecule has 1 aromatic heterocycles. The van der Waals surface area contributed by atoms with Crippen LogP contribution >= 0.6 is 12.4 Å². The van der Waals surface area contributed by atoms with E-state index < -0.39 is 35.8 Å². The number of hydrogen-bond donors (Lipinski definition) is 6. The van der Waals surface area contributed by atoms with Crippen molar-refractivity contribution in [3.63, 3.8) is 0 Å². The lowest BCUT2D eigenvalue weighted by Crippen LogP contribution is -2.54. The molecule has 5 rings (SSSR count). The molecular weight excluding hydrogens is 618 g/mol. The van der Waals surface area contributed by atoms with E-state index in [1.807, 2.05) is 85.1 Å². The van der Waals surface area contributed by atoms with Crippen LogP contribution in [0.2, 0.25) is 0 Å². The van der Waals surface area contributed by atoms with Gasteiger partial charge in [-0.25, -0.2) is 0 Å². The number of H-pyrrole nitrogens is 1. The van der Waals surface area contributed by atoms with Crippen LogP contribution in [0.4, 0.5) is 5.69 Å². The Morgan fingerprint density at radius 2 is 1.47 bits per heavy atom. The lowest BCUT2D eigenvalue weighted by Gasteiger charge is -2.22. The largest absolute Gasteiger partial charge is 0.508 e. The fourth-order valence-electron chi connectivity index (χ4n) is 5.00. The van der Waals surface area contributed by atoms with E-state index in [1.165, 1.54) is 12.1 Å². The van der Waals surface area contributed by atoms with Crippen LogP contribution in [0.5, 0.6) is 11.5 Å². The number of ether oxygens (including phenoxy) is 1. The highest BCUT2D eigenvalue weighted by molar-refractivity contribution is 5.99. The molecule has 244 valence electrons. The maximum atomic E-state index is 13.4. The van der Waals surface area contributed by atoms with Crippen molar-refractivity contribution in [3.05, 3.63) is 126 Å². The molecule has 0 aliphatic heterocycles. The predicted molar refractivity (Wildman–Crippen MR) is 184 cm³/mol. The molecular formula is C36H38ClN5O5. The molecule has 0 radical (unpaired) electrons. The van der Waals surface area contributed by atoms with Crippen molar-refractivity contribution in [2.75, 3.05) is 5.32 Å². The first-order valence-electron chi connectivity index (χ1n) is 15.0. The van der Waals surface area contributed by atoms with Crippen LogP contribution < -0.4 is 26.4 Å². The third-order valence-corrected chi connectivity index (χ3v) is 7.58. The first-order chi connectivity index (χ1) is 22.2. The van der Waals surface area contributed by atoms with Crippen LogP contribution in [0.15, 0.2) is 109 Å². The highest BCUT2D eigenvalue weighted by Crippen LogP contribution is 2.21. The second kappa shape index (κ2) is 16.3. The van der Waals surface area contributed by atoms with Gasteiger partial charge in [0, 0.05) is 29.2 Å². The highest BCUT2D eigenvalue weighted by atomic mass is 35.5. The number of phenols is 1. The fraction of sp³-hybridized carbons (Fsp3) is 0.194. The molecule has 7 N–H and O–H groups in total. The van der Waals surface area contributed by atoms with Crippen LogP contribution in [-0.2, 0) is 33.8 Å². The lowest BCUT2D eigenvalue weighted by atomic mass is 10.0. The number of fused-ring (bicyclic) bond motifs is 1. The Labute approximate surface area is 279 Å². The number of nitrogens with one attached hydrogen (secondary N) is 4. The highest BCUT2D eigenvalue weighted by Gasteiger charge is 2.27. The molecule has 3 atom stereocenters. The normalized spacial score (nSPS) is 12.6. The zero-order valence-electron chi connectivity index (χ0n) is 25.8. The zero-order chi connectivity index (χ0) is 32.5. The first kappa shape index (κ1) is 34.6. The Balaban J connectivity index is 0.00000500. The van der Waals surface area contributed by atoms with Crippen molar-refractivity contribution < 1.29 is 24.2 Å². The standard InChI is InChI=1S/C36H37N5O5.ClH/c1-23(39-35(44)31(37)19-24-11-17-29(18-12-24)46-22-25-7-3-2-4-8-25)34(43)41-33(36(45)40-27-13-15-28(42)16-14-27)20-26-21-38-32-10-6-5-9-30(26)32;/h2-18,21,23,31,33,38,42H,19-20,22,37H2,1H3,(H,39,44)(H,40,45)(H,41,43);1H/t23-,31-,33-;/m0./s1. The number of hydrogen-bond acceptors (Lipinski definition) is 6. The number of carbonyl (C=O) groups is 3. The van der Waals surface area contributed by atoms with Gasteiger partial charge >= 0.3 is 0 Å². The molecule has 3 amide bonds. The summed E-state index contributed by atoms with van der Waals surface area (Å²) < 4.78 is 5.82. The average Bonchev–Trinajstić information content (AvgIpc) is 3.48. The number of carbonyl (C=O) groups excluding carboxylic acids is 3. The maximum absolute atomic E-state index is 13.4. The molecule has 0 aliphatic rings. The van der Waals surface area contributed by atoms with Gasteiger partial charge in [0.2, 0.25) is 17.7 Å². The second-order valence-electron chi connectivity index (χ2n) is 11.1. The van der Waals surface area contributed by atoms with Crippen LogP contribution in [0, 0.1) is 0 Å². The molecule has 47 heavy (non-hydrogen) atoms. The molecule has 0 spiro atoms. The Morgan fingerprint density at radius 3 is 2.19 bits per heavy atom. The van der Waals surface area contributed by atoms with Crippen LogP contribution in [0.1, 0.15) is 23.6 Å². The average molecular weight is 656 g/mol. The Morgan fingerprint density at radius 1 is 0.787 bits per heavy atom. The number of aromatic nitrogens is 1. The summed E-state index contributed by atoms with van der Waals surface area (Å²) in [6.07, 6.45) is 2.27. The summed E-state index contributed by atoms with van der Waals surface area (Å²) in [5.74, 6) is -0.711. The zero-order valence-corrected chi connectivity index (χ0v) is 26.6. The molecule has 11 heteroatoms. The van der Waals surface area contributed by atoms with Gasteiger partial charge in [0.05, 0.1) is 6.04 Å². The number of benzene rings is 4. The summed E-state index contributed by atoms with van der Waals surface area (Å²) >= 11 is 0. The quantitative estimate of drug-likeness (QED) is 0.102. The van der Waals surface area contributed by atoms with E-state index >= 15 is 0 Å². The Kier molecular flexibility index (Phi) is 12.0. The number of phenolic OH excluding ortho intramolecular Hbond substituents is 1. The van der Waals surface area contributed by atoms with Crippen molar-refractivity contribution in [1.29, 1.82) is 0 Å². The molecule has 5 aromatic rings. The number of rotatable bonds is 13. The van der Waals surface area contributed by atoms with Crippen molar-refractivity contribution in [2.24, 2.45) is 5.73 Å². The van der Waals surface area contributed by atoms with E-state index in [0.717, 1.165) is 27.6 Å². The lowest BCUT2D eigenvalue weighted by molar-refractivity contribution is -0.131. The number of para-hydroxylation sites is 1.